The zero-order chi connectivity index (χ0) is 21.6. The number of aliphatic imine (C=N–C) groups is 1. The molecule has 0 radical (unpaired) electrons. The van der Waals surface area contributed by atoms with Crippen molar-refractivity contribution in [3.63, 3.8) is 0 Å². The molecule has 0 bridgehead atoms. The van der Waals surface area contributed by atoms with Crippen LogP contribution in [0.25, 0.3) is 0 Å². The van der Waals surface area contributed by atoms with Gasteiger partial charge in [-0.1, -0.05) is 42.5 Å². The SMILES string of the molecule is CCNC(=NCc1ccc(OCc2ccccc2)cc1)N1CCS(=O)(=O)C(C)(C)C1. The third kappa shape index (κ3) is 5.53. The molecule has 3 rings (SSSR count). The van der Waals surface area contributed by atoms with Crippen molar-refractivity contribution in [1.29, 1.82) is 0 Å². The summed E-state index contributed by atoms with van der Waals surface area (Å²) in [5.41, 5.74) is 2.20. The maximum atomic E-state index is 12.3. The van der Waals surface area contributed by atoms with Gasteiger partial charge in [-0.3, -0.25) is 0 Å². The number of nitrogens with one attached hydrogen (secondary N) is 1. The largest absolute Gasteiger partial charge is 0.489 e. The molecule has 0 aromatic heterocycles. The minimum Gasteiger partial charge on any atom is -0.489 e. The number of benzene rings is 2. The predicted molar refractivity (Wildman–Crippen MR) is 121 cm³/mol. The van der Waals surface area contributed by atoms with Gasteiger partial charge in [0.1, 0.15) is 12.4 Å². The van der Waals surface area contributed by atoms with Gasteiger partial charge in [0.2, 0.25) is 0 Å². The molecule has 0 saturated carbocycles. The van der Waals surface area contributed by atoms with Crippen molar-refractivity contribution >= 4 is 15.8 Å². The molecular formula is C23H31N3O3S. The van der Waals surface area contributed by atoms with E-state index < -0.39 is 14.6 Å². The molecule has 7 heteroatoms. The predicted octanol–water partition coefficient (Wildman–Crippen LogP) is 3.24. The molecule has 6 nitrogen and oxygen atoms in total. The van der Waals surface area contributed by atoms with E-state index in [-0.39, 0.29) is 5.75 Å². The van der Waals surface area contributed by atoms with E-state index in [9.17, 15) is 8.42 Å². The first-order valence-electron chi connectivity index (χ1n) is 10.3. The Hall–Kier alpha value is -2.54. The molecule has 0 spiro atoms. The molecule has 1 aliphatic heterocycles. The van der Waals surface area contributed by atoms with Crippen molar-refractivity contribution in [1.82, 2.24) is 10.2 Å². The molecule has 0 atom stereocenters. The van der Waals surface area contributed by atoms with Crippen molar-refractivity contribution in [2.75, 3.05) is 25.4 Å². The van der Waals surface area contributed by atoms with Gasteiger partial charge in [0.05, 0.1) is 17.0 Å². The van der Waals surface area contributed by atoms with E-state index in [1.165, 1.54) is 0 Å². The Labute approximate surface area is 179 Å². The quantitative estimate of drug-likeness (QED) is 0.564. The summed E-state index contributed by atoms with van der Waals surface area (Å²) in [6.45, 7) is 8.27. The lowest BCUT2D eigenvalue weighted by molar-refractivity contribution is 0.306. The lowest BCUT2D eigenvalue weighted by Crippen LogP contribution is -2.57. The number of ether oxygens (including phenoxy) is 1. The molecular weight excluding hydrogens is 398 g/mol. The van der Waals surface area contributed by atoms with Crippen LogP contribution in [0, 0.1) is 0 Å². The summed E-state index contributed by atoms with van der Waals surface area (Å²) in [5.74, 6) is 1.73. The van der Waals surface area contributed by atoms with E-state index in [0.29, 0.717) is 26.2 Å². The Morgan fingerprint density at radius 2 is 1.80 bits per heavy atom. The third-order valence-electron chi connectivity index (χ3n) is 5.26. The van der Waals surface area contributed by atoms with Crippen LogP contribution in [0.2, 0.25) is 0 Å². The summed E-state index contributed by atoms with van der Waals surface area (Å²) < 4.78 is 29.6. The molecule has 30 heavy (non-hydrogen) atoms. The third-order valence-corrected chi connectivity index (χ3v) is 7.79. The van der Waals surface area contributed by atoms with E-state index in [2.05, 4.69) is 5.32 Å². The first-order chi connectivity index (χ1) is 14.3. The van der Waals surface area contributed by atoms with Crippen LogP contribution in [0.1, 0.15) is 31.9 Å². The molecule has 2 aromatic rings. The number of sulfone groups is 1. The fraction of sp³-hybridized carbons (Fsp3) is 0.435. The van der Waals surface area contributed by atoms with E-state index >= 15 is 0 Å². The zero-order valence-electron chi connectivity index (χ0n) is 18.0. The van der Waals surface area contributed by atoms with Crippen molar-refractivity contribution in [2.24, 2.45) is 4.99 Å². The molecule has 2 aromatic carbocycles. The fourth-order valence-corrected chi connectivity index (χ4v) is 4.71. The number of hydrogen-bond donors (Lipinski definition) is 1. The molecule has 0 amide bonds. The second kappa shape index (κ2) is 9.51. The number of rotatable bonds is 6. The van der Waals surface area contributed by atoms with Gasteiger partial charge in [-0.15, -0.1) is 0 Å². The van der Waals surface area contributed by atoms with Gasteiger partial charge in [0.15, 0.2) is 15.8 Å². The van der Waals surface area contributed by atoms with Crippen molar-refractivity contribution in [3.05, 3.63) is 65.7 Å². The first-order valence-corrected chi connectivity index (χ1v) is 12.0. The molecule has 0 unspecified atom stereocenters. The summed E-state index contributed by atoms with van der Waals surface area (Å²) in [7, 11) is -3.08. The summed E-state index contributed by atoms with van der Waals surface area (Å²) >= 11 is 0. The van der Waals surface area contributed by atoms with E-state index in [1.54, 1.807) is 13.8 Å². The molecule has 0 aliphatic carbocycles. The second-order valence-corrected chi connectivity index (χ2v) is 10.8. The van der Waals surface area contributed by atoms with Crippen molar-refractivity contribution in [3.8, 4) is 5.75 Å². The molecule has 1 saturated heterocycles. The smallest absolute Gasteiger partial charge is 0.194 e. The number of hydrogen-bond acceptors (Lipinski definition) is 4. The maximum absolute atomic E-state index is 12.3. The lowest BCUT2D eigenvalue weighted by Gasteiger charge is -2.39. The average Bonchev–Trinajstić information content (AvgIpc) is 2.73. The minimum absolute atomic E-state index is 0.151. The van der Waals surface area contributed by atoms with E-state index in [0.717, 1.165) is 29.4 Å². The lowest BCUT2D eigenvalue weighted by atomic mass is 10.2. The van der Waals surface area contributed by atoms with Crippen molar-refractivity contribution in [2.45, 2.75) is 38.7 Å². The van der Waals surface area contributed by atoms with Gasteiger partial charge in [0, 0.05) is 19.6 Å². The van der Waals surface area contributed by atoms with E-state index in [4.69, 9.17) is 9.73 Å². The van der Waals surface area contributed by atoms with Crippen molar-refractivity contribution < 1.29 is 13.2 Å². The van der Waals surface area contributed by atoms with Crippen LogP contribution < -0.4 is 10.1 Å². The highest BCUT2D eigenvalue weighted by Gasteiger charge is 2.40. The Morgan fingerprint density at radius 1 is 1.10 bits per heavy atom. The molecule has 1 aliphatic rings. The summed E-state index contributed by atoms with van der Waals surface area (Å²) in [5, 5.41) is 3.29. The topological polar surface area (TPSA) is 71.0 Å². The van der Waals surface area contributed by atoms with Gasteiger partial charge in [0.25, 0.3) is 0 Å². The van der Waals surface area contributed by atoms with Gasteiger partial charge >= 0.3 is 0 Å². The van der Waals surface area contributed by atoms with Crippen LogP contribution in [0.3, 0.4) is 0 Å². The van der Waals surface area contributed by atoms with Gasteiger partial charge in [-0.25, -0.2) is 13.4 Å². The summed E-state index contributed by atoms with van der Waals surface area (Å²) in [6, 6.07) is 18.0. The van der Waals surface area contributed by atoms with Crippen LogP contribution >= 0.6 is 0 Å². The van der Waals surface area contributed by atoms with Crippen LogP contribution in [0.5, 0.6) is 5.75 Å². The highest BCUT2D eigenvalue weighted by molar-refractivity contribution is 7.92. The summed E-state index contributed by atoms with van der Waals surface area (Å²) in [4.78, 5) is 6.78. The molecule has 1 fully saturated rings. The van der Waals surface area contributed by atoms with Crippen LogP contribution in [-0.4, -0.2) is 49.4 Å². The van der Waals surface area contributed by atoms with Gasteiger partial charge in [-0.05, 0) is 44.0 Å². The first kappa shape index (κ1) is 22.2. The minimum atomic E-state index is -3.08. The monoisotopic (exact) mass is 429 g/mol. The second-order valence-electron chi connectivity index (χ2n) is 8.09. The van der Waals surface area contributed by atoms with Gasteiger partial charge < -0.3 is 15.0 Å². The molecule has 1 N–H and O–H groups in total. The average molecular weight is 430 g/mol. The molecule has 1 heterocycles. The molecule has 162 valence electrons. The fourth-order valence-electron chi connectivity index (χ4n) is 3.35. The normalized spacial score (nSPS) is 18.1. The Morgan fingerprint density at radius 3 is 2.43 bits per heavy atom. The maximum Gasteiger partial charge on any atom is 0.194 e. The standard InChI is InChI=1S/C23H31N3O3S/c1-4-24-22(26-14-15-30(27,28)23(2,3)18-26)25-16-19-10-12-21(13-11-19)29-17-20-8-6-5-7-9-20/h5-13H,4,14-18H2,1-3H3,(H,24,25). The zero-order valence-corrected chi connectivity index (χ0v) is 18.8. The van der Waals surface area contributed by atoms with Crippen LogP contribution in [0.15, 0.2) is 59.6 Å². The highest BCUT2D eigenvalue weighted by atomic mass is 32.2. The van der Waals surface area contributed by atoms with Crippen LogP contribution in [-0.2, 0) is 23.0 Å². The van der Waals surface area contributed by atoms with Gasteiger partial charge in [-0.2, -0.15) is 0 Å². The summed E-state index contributed by atoms with van der Waals surface area (Å²) in [6.07, 6.45) is 0. The number of nitrogens with zero attached hydrogens (tertiary/aromatic N) is 2. The highest BCUT2D eigenvalue weighted by Crippen LogP contribution is 2.24. The number of guanidine groups is 1. The van der Waals surface area contributed by atoms with Crippen LogP contribution in [0.4, 0.5) is 0 Å². The Kier molecular flexibility index (Phi) is 7.02. The Balaban J connectivity index is 1.62. The van der Waals surface area contributed by atoms with E-state index in [1.807, 2.05) is 66.4 Å². The Bertz CT molecular complexity index is 955.